The minimum Gasteiger partial charge on any atom is -0.507 e. The molecule has 1 aliphatic heterocycles. The molecule has 0 unspecified atom stereocenters. The van der Waals surface area contributed by atoms with E-state index >= 15 is 0 Å². The van der Waals surface area contributed by atoms with Crippen molar-refractivity contribution in [2.45, 2.75) is 38.6 Å². The van der Waals surface area contributed by atoms with E-state index in [2.05, 4.69) is 20.8 Å². The number of hydrogen-bond donors (Lipinski definition) is 1. The lowest BCUT2D eigenvalue weighted by molar-refractivity contribution is -0.139. The van der Waals surface area contributed by atoms with Crippen LogP contribution in [0.25, 0.3) is 5.76 Å². The van der Waals surface area contributed by atoms with Crippen molar-refractivity contribution in [3.05, 3.63) is 64.7 Å². The van der Waals surface area contributed by atoms with Crippen molar-refractivity contribution in [3.8, 4) is 11.5 Å². The lowest BCUT2D eigenvalue weighted by Crippen LogP contribution is -2.32. The zero-order chi connectivity index (χ0) is 25.9. The summed E-state index contributed by atoms with van der Waals surface area (Å²) in [4.78, 5) is 30.0. The van der Waals surface area contributed by atoms with Crippen molar-refractivity contribution in [2.75, 3.05) is 41.4 Å². The summed E-state index contributed by atoms with van der Waals surface area (Å²) in [6.07, 6.45) is 0.701. The molecule has 1 heterocycles. The first-order chi connectivity index (χ1) is 16.5. The van der Waals surface area contributed by atoms with Gasteiger partial charge in [-0.2, -0.15) is 0 Å². The first-order valence-electron chi connectivity index (χ1n) is 11.8. The predicted octanol–water partition coefficient (Wildman–Crippen LogP) is 4.37. The van der Waals surface area contributed by atoms with Gasteiger partial charge in [0.25, 0.3) is 11.7 Å². The summed E-state index contributed by atoms with van der Waals surface area (Å²) in [6.45, 7) is 7.57. The molecule has 3 rings (SSSR count). The normalized spacial score (nSPS) is 17.8. The number of carbonyl (C=O) groups excluding carboxylic acids is 2. The highest BCUT2D eigenvalue weighted by atomic mass is 16.5. The van der Waals surface area contributed by atoms with Crippen LogP contribution in [0, 0.1) is 0 Å². The molecule has 7 heteroatoms. The Hall–Kier alpha value is -3.32. The number of ether oxygens (including phenoxy) is 2. The molecule has 1 amide bonds. The van der Waals surface area contributed by atoms with Gasteiger partial charge in [0.2, 0.25) is 0 Å². The first-order valence-corrected chi connectivity index (χ1v) is 11.8. The molecule has 1 atom stereocenters. The molecule has 1 N–H and O–H groups in total. The Kier molecular flexibility index (Phi) is 7.90. The summed E-state index contributed by atoms with van der Waals surface area (Å²) < 4.78 is 10.7. The quantitative estimate of drug-likeness (QED) is 0.343. The maximum absolute atomic E-state index is 13.2. The molecule has 1 aliphatic rings. The first kappa shape index (κ1) is 26.3. The molecule has 0 saturated carbocycles. The molecule has 0 bridgehead atoms. The van der Waals surface area contributed by atoms with Gasteiger partial charge < -0.3 is 24.4 Å². The second-order valence-corrected chi connectivity index (χ2v) is 10.1. The topological polar surface area (TPSA) is 79.3 Å². The van der Waals surface area contributed by atoms with Crippen molar-refractivity contribution in [1.29, 1.82) is 0 Å². The average Bonchev–Trinajstić information content (AvgIpc) is 3.07. The van der Waals surface area contributed by atoms with E-state index < -0.39 is 17.7 Å². The molecule has 7 nitrogen and oxygen atoms in total. The van der Waals surface area contributed by atoms with Gasteiger partial charge in [-0.25, -0.2) is 0 Å². The van der Waals surface area contributed by atoms with Crippen molar-refractivity contribution in [3.63, 3.8) is 0 Å². The summed E-state index contributed by atoms with van der Waals surface area (Å²) in [5, 5.41) is 11.3. The van der Waals surface area contributed by atoms with Gasteiger partial charge in [-0.1, -0.05) is 45.0 Å². The van der Waals surface area contributed by atoms with Crippen LogP contribution >= 0.6 is 0 Å². The van der Waals surface area contributed by atoms with Crippen molar-refractivity contribution < 1.29 is 24.2 Å². The fourth-order valence-corrected chi connectivity index (χ4v) is 4.32. The Morgan fingerprint density at radius 1 is 1.00 bits per heavy atom. The number of Topliss-reactive ketones (excluding diaryl/α,β-unsaturated/α-hetero) is 1. The van der Waals surface area contributed by atoms with E-state index in [1.165, 1.54) is 14.2 Å². The largest absolute Gasteiger partial charge is 0.507 e. The van der Waals surface area contributed by atoms with E-state index in [0.717, 1.165) is 17.7 Å². The number of ketones is 1. The number of amides is 1. The third kappa shape index (κ3) is 5.51. The van der Waals surface area contributed by atoms with Crippen molar-refractivity contribution in [1.82, 2.24) is 9.80 Å². The SMILES string of the molecule is COc1ccc(C(O)=C2C(=O)C(=O)N(CCCN(C)C)[C@@H]2c2ccc(C(C)(C)C)cc2)cc1OC. The van der Waals surface area contributed by atoms with Gasteiger partial charge in [0, 0.05) is 12.1 Å². The summed E-state index contributed by atoms with van der Waals surface area (Å²) in [7, 11) is 6.96. The van der Waals surface area contributed by atoms with Crippen LogP contribution in [0.5, 0.6) is 11.5 Å². The Morgan fingerprint density at radius 3 is 2.17 bits per heavy atom. The third-order valence-corrected chi connectivity index (χ3v) is 6.29. The molecule has 0 aromatic heterocycles. The Labute approximate surface area is 207 Å². The van der Waals surface area contributed by atoms with E-state index in [-0.39, 0.29) is 16.7 Å². The third-order valence-electron chi connectivity index (χ3n) is 6.29. The number of carbonyl (C=O) groups is 2. The molecule has 1 fully saturated rings. The van der Waals surface area contributed by atoms with Gasteiger partial charge in [-0.3, -0.25) is 9.59 Å². The zero-order valence-electron chi connectivity index (χ0n) is 21.7. The lowest BCUT2D eigenvalue weighted by Gasteiger charge is -2.27. The lowest BCUT2D eigenvalue weighted by atomic mass is 9.85. The van der Waals surface area contributed by atoms with Crippen LogP contribution in [0.3, 0.4) is 0 Å². The summed E-state index contributed by atoms with van der Waals surface area (Å²) in [6, 6.07) is 12.2. The number of rotatable bonds is 8. The van der Waals surface area contributed by atoms with Gasteiger partial charge in [0.1, 0.15) is 5.76 Å². The molecule has 0 aliphatic carbocycles. The van der Waals surface area contributed by atoms with Gasteiger partial charge in [0.15, 0.2) is 11.5 Å². The van der Waals surface area contributed by atoms with E-state index in [9.17, 15) is 14.7 Å². The molecule has 188 valence electrons. The minimum absolute atomic E-state index is 0.0360. The van der Waals surface area contributed by atoms with Crippen LogP contribution in [0.1, 0.15) is 49.9 Å². The standard InChI is InChI=1S/C28H36N2O5/c1-28(2,3)20-12-9-18(10-13-20)24-23(26(32)27(33)30(24)16-8-15-29(4)5)25(31)19-11-14-21(34-6)22(17-19)35-7/h9-14,17,24,31H,8,15-16H2,1-7H3/t24-/m1/s1. The number of methoxy groups -OCH3 is 2. The highest BCUT2D eigenvalue weighted by Crippen LogP contribution is 2.41. The van der Waals surface area contributed by atoms with E-state index in [1.807, 2.05) is 43.3 Å². The molecule has 35 heavy (non-hydrogen) atoms. The summed E-state index contributed by atoms with van der Waals surface area (Å²) >= 11 is 0. The van der Waals surface area contributed by atoms with Crippen LogP contribution in [0.15, 0.2) is 48.0 Å². The fraction of sp³-hybridized carbons (Fsp3) is 0.429. The van der Waals surface area contributed by atoms with Gasteiger partial charge in [0.05, 0.1) is 25.8 Å². The number of benzene rings is 2. The maximum Gasteiger partial charge on any atom is 0.295 e. The maximum atomic E-state index is 13.2. The molecule has 1 saturated heterocycles. The van der Waals surface area contributed by atoms with Crippen LogP contribution in [-0.2, 0) is 15.0 Å². The molecule has 0 spiro atoms. The highest BCUT2D eigenvalue weighted by molar-refractivity contribution is 6.46. The molecule has 2 aromatic rings. The van der Waals surface area contributed by atoms with E-state index in [0.29, 0.717) is 30.0 Å². The van der Waals surface area contributed by atoms with Crippen molar-refractivity contribution >= 4 is 17.4 Å². The average molecular weight is 481 g/mol. The molecular formula is C28H36N2O5. The number of likely N-dealkylation sites (tertiary alicyclic amines) is 1. The second-order valence-electron chi connectivity index (χ2n) is 10.1. The van der Waals surface area contributed by atoms with Crippen LogP contribution in [0.4, 0.5) is 0 Å². The molecule has 0 radical (unpaired) electrons. The Morgan fingerprint density at radius 2 is 1.63 bits per heavy atom. The highest BCUT2D eigenvalue weighted by Gasteiger charge is 2.45. The number of hydrogen-bond acceptors (Lipinski definition) is 6. The smallest absolute Gasteiger partial charge is 0.295 e. The number of nitrogens with zero attached hydrogens (tertiary/aromatic N) is 2. The monoisotopic (exact) mass is 480 g/mol. The van der Waals surface area contributed by atoms with Crippen LogP contribution in [-0.4, -0.2) is 68.0 Å². The minimum atomic E-state index is -0.688. The number of aliphatic hydroxyl groups is 1. The zero-order valence-corrected chi connectivity index (χ0v) is 21.7. The van der Waals surface area contributed by atoms with E-state index in [1.54, 1.807) is 23.1 Å². The molecule has 2 aromatic carbocycles. The van der Waals surface area contributed by atoms with Crippen LogP contribution in [0.2, 0.25) is 0 Å². The van der Waals surface area contributed by atoms with Gasteiger partial charge >= 0.3 is 0 Å². The Bertz CT molecular complexity index is 1110. The fourth-order valence-electron chi connectivity index (χ4n) is 4.32. The number of aliphatic hydroxyl groups excluding tert-OH is 1. The molecular weight excluding hydrogens is 444 g/mol. The summed E-state index contributed by atoms with van der Waals surface area (Å²) in [5.41, 5.74) is 2.35. The van der Waals surface area contributed by atoms with Crippen LogP contribution < -0.4 is 9.47 Å². The predicted molar refractivity (Wildman–Crippen MR) is 137 cm³/mol. The second kappa shape index (κ2) is 10.5. The summed E-state index contributed by atoms with van der Waals surface area (Å²) in [5.74, 6) is -0.600. The van der Waals surface area contributed by atoms with Crippen molar-refractivity contribution in [2.24, 2.45) is 0 Å². The Balaban J connectivity index is 2.13. The van der Waals surface area contributed by atoms with Gasteiger partial charge in [-0.15, -0.1) is 0 Å². The van der Waals surface area contributed by atoms with Gasteiger partial charge in [-0.05, 0) is 61.8 Å². The van der Waals surface area contributed by atoms with E-state index in [4.69, 9.17) is 9.47 Å².